The van der Waals surface area contributed by atoms with E-state index in [1.807, 2.05) is 0 Å². The Morgan fingerprint density at radius 1 is 0.392 bits per heavy atom. The molecule has 0 bridgehead atoms. The van der Waals surface area contributed by atoms with Crippen molar-refractivity contribution in [1.29, 1.82) is 0 Å². The molecule has 0 aromatic carbocycles. The van der Waals surface area contributed by atoms with Gasteiger partial charge >= 0.3 is 30.1 Å². The van der Waals surface area contributed by atoms with Gasteiger partial charge in [-0.2, -0.15) is 0 Å². The number of hydrogen-bond donors (Lipinski definition) is 3. The summed E-state index contributed by atoms with van der Waals surface area (Å²) < 4.78 is 21.3. The number of carbonyl (C=O) groups excluding carboxylic acids is 4. The number of unbranched alkanes of at least 4 members (excludes halogenated alkanes) is 21. The molecule has 3 N–H and O–H groups in total. The Balaban J connectivity index is -0.00000136. The van der Waals surface area contributed by atoms with Crippen LogP contribution >= 0.6 is 0 Å². The zero-order valence-electron chi connectivity index (χ0n) is 48.7. The zero-order valence-corrected chi connectivity index (χ0v) is 48.7. The number of esters is 2. The Labute approximate surface area is 451 Å². The molecular weight excluding hydrogens is 941 g/mol. The number of carbonyl (C=O) groups is 5. The number of nitrogens with zero attached hydrogens (tertiary/aromatic N) is 2. The van der Waals surface area contributed by atoms with Gasteiger partial charge in [0.25, 0.3) is 0 Å². The van der Waals surface area contributed by atoms with E-state index in [2.05, 4.69) is 57.2 Å². The number of carboxylic acid groups (broad SMARTS) is 1. The summed E-state index contributed by atoms with van der Waals surface area (Å²) >= 11 is 0. The summed E-state index contributed by atoms with van der Waals surface area (Å²) in [5.41, 5.74) is -1.21. The molecule has 0 atom stereocenters. The molecule has 0 saturated heterocycles. The first-order chi connectivity index (χ1) is 35.4. The lowest BCUT2D eigenvalue weighted by atomic mass is 10.1. The van der Waals surface area contributed by atoms with Gasteiger partial charge in [0.05, 0.1) is 26.3 Å². The first-order valence-electron chi connectivity index (χ1n) is 29.0. The lowest BCUT2D eigenvalue weighted by molar-refractivity contribution is -0.144. The second-order valence-electron chi connectivity index (χ2n) is 21.0. The molecule has 14 heteroatoms. The zero-order chi connectivity index (χ0) is 56.0. The van der Waals surface area contributed by atoms with Crippen LogP contribution in [0.1, 0.15) is 255 Å². The van der Waals surface area contributed by atoms with Crippen molar-refractivity contribution in [2.45, 2.75) is 266 Å². The molecule has 0 aliphatic heterocycles. The normalized spacial score (nSPS) is 11.5. The van der Waals surface area contributed by atoms with Crippen molar-refractivity contribution >= 4 is 30.1 Å². The van der Waals surface area contributed by atoms with Crippen LogP contribution in [0.15, 0.2) is 36.5 Å². The van der Waals surface area contributed by atoms with Crippen molar-refractivity contribution in [3.8, 4) is 0 Å². The van der Waals surface area contributed by atoms with Gasteiger partial charge in [0.2, 0.25) is 0 Å². The second-order valence-corrected chi connectivity index (χ2v) is 21.0. The van der Waals surface area contributed by atoms with E-state index >= 15 is 0 Å². The van der Waals surface area contributed by atoms with E-state index in [0.29, 0.717) is 19.3 Å². The van der Waals surface area contributed by atoms with Crippen LogP contribution in [-0.2, 0) is 33.3 Å². The standard InChI is InChI=1S/C37H67NO6.C14H26O2.C9H19NO4/c1-6-8-10-12-14-16-18-20-22-24-26-28-34(39)42-32-30-38(36(41)44-37(3,4)5)31-33-43-35(40)29-27-25-23-21-19-17-15-13-11-9-7-2;1-2-3-4-5-6-7-8-9-10-11-12-13-14(15)16;1-9(2,3)14-8(13)10(4-6-11)5-7-12/h12-15H,6-11,16-33H2,1-5H3;5-6H,2-4,7-13H2,1H3,(H,15,16);11-12H,4-7H2,1-3H3/b14-12-,15-13-;6-5-;. The summed E-state index contributed by atoms with van der Waals surface area (Å²) in [6, 6.07) is 0. The number of rotatable bonds is 43. The Morgan fingerprint density at radius 2 is 0.662 bits per heavy atom. The van der Waals surface area contributed by atoms with Crippen molar-refractivity contribution in [2.24, 2.45) is 0 Å². The van der Waals surface area contributed by atoms with Gasteiger partial charge < -0.3 is 44.1 Å². The molecule has 0 aromatic rings. The van der Waals surface area contributed by atoms with E-state index in [9.17, 15) is 24.0 Å². The maximum atomic E-state index is 12.7. The highest BCUT2D eigenvalue weighted by atomic mass is 16.6. The highest BCUT2D eigenvalue weighted by molar-refractivity contribution is 5.70. The summed E-state index contributed by atoms with van der Waals surface area (Å²) in [5.74, 6) is -1.16. The van der Waals surface area contributed by atoms with Crippen LogP contribution in [0.4, 0.5) is 9.59 Å². The summed E-state index contributed by atoms with van der Waals surface area (Å²) in [6.45, 7) is 18.0. The van der Waals surface area contributed by atoms with E-state index in [4.69, 9.17) is 34.3 Å². The molecule has 0 radical (unpaired) electrons. The molecule has 0 heterocycles. The summed E-state index contributed by atoms with van der Waals surface area (Å²) in [6.07, 6.45) is 44.6. The van der Waals surface area contributed by atoms with E-state index in [0.717, 1.165) is 64.2 Å². The molecule has 0 aromatic heterocycles. The molecule has 434 valence electrons. The molecular formula is C60H112N2O12. The van der Waals surface area contributed by atoms with Gasteiger partial charge in [-0.15, -0.1) is 0 Å². The van der Waals surface area contributed by atoms with Crippen LogP contribution in [-0.4, -0.2) is 119 Å². The molecule has 14 nitrogen and oxygen atoms in total. The number of hydrogen-bond acceptors (Lipinski definition) is 11. The van der Waals surface area contributed by atoms with Crippen molar-refractivity contribution in [3.63, 3.8) is 0 Å². The third-order valence-electron chi connectivity index (χ3n) is 11.2. The van der Waals surface area contributed by atoms with Gasteiger partial charge in [-0.3, -0.25) is 14.4 Å². The SMILES string of the molecule is CC(C)(C)OC(=O)N(CCO)CCO.CCCC/C=C\CCCCCCCC(=O)O.CCCC/C=C\CCCCCCCC(=O)OCCN(CCOC(=O)CCCCCCC/C=C\CCCC)C(=O)OC(C)(C)C. The number of aliphatic hydroxyl groups is 2. The van der Waals surface area contributed by atoms with E-state index in [-0.39, 0.29) is 64.5 Å². The van der Waals surface area contributed by atoms with Crippen LogP contribution in [0.2, 0.25) is 0 Å². The fourth-order valence-electron chi connectivity index (χ4n) is 7.03. The third-order valence-corrected chi connectivity index (χ3v) is 11.2. The van der Waals surface area contributed by atoms with E-state index in [1.165, 1.54) is 119 Å². The Morgan fingerprint density at radius 3 is 0.946 bits per heavy atom. The van der Waals surface area contributed by atoms with Crippen LogP contribution in [0, 0.1) is 0 Å². The Hall–Kier alpha value is -3.91. The summed E-state index contributed by atoms with van der Waals surface area (Å²) in [4.78, 5) is 61.5. The highest BCUT2D eigenvalue weighted by Crippen LogP contribution is 2.14. The van der Waals surface area contributed by atoms with Crippen molar-refractivity contribution in [3.05, 3.63) is 36.5 Å². The van der Waals surface area contributed by atoms with Crippen LogP contribution in [0.25, 0.3) is 0 Å². The Kier molecular flexibility index (Phi) is 54.1. The Bertz CT molecular complexity index is 1360. The largest absolute Gasteiger partial charge is 0.481 e. The van der Waals surface area contributed by atoms with Crippen LogP contribution in [0.3, 0.4) is 0 Å². The molecule has 0 fully saturated rings. The smallest absolute Gasteiger partial charge is 0.410 e. The fraction of sp³-hybridized carbons (Fsp3) is 0.817. The van der Waals surface area contributed by atoms with Gasteiger partial charge in [0.1, 0.15) is 24.4 Å². The molecule has 0 saturated carbocycles. The number of amides is 2. The fourth-order valence-corrected chi connectivity index (χ4v) is 7.03. The highest BCUT2D eigenvalue weighted by Gasteiger charge is 2.23. The summed E-state index contributed by atoms with van der Waals surface area (Å²) in [7, 11) is 0. The first-order valence-corrected chi connectivity index (χ1v) is 29.0. The number of aliphatic carboxylic acids is 1. The van der Waals surface area contributed by atoms with Crippen molar-refractivity contribution < 1.29 is 58.2 Å². The maximum Gasteiger partial charge on any atom is 0.410 e. The molecule has 0 spiro atoms. The monoisotopic (exact) mass is 1050 g/mol. The second kappa shape index (κ2) is 53.9. The maximum absolute atomic E-state index is 12.7. The van der Waals surface area contributed by atoms with Gasteiger partial charge in [0.15, 0.2) is 0 Å². The quantitative estimate of drug-likeness (QED) is 0.0227. The minimum absolute atomic E-state index is 0.0882. The molecule has 0 aliphatic carbocycles. The lowest BCUT2D eigenvalue weighted by Crippen LogP contribution is -2.41. The summed E-state index contributed by atoms with van der Waals surface area (Å²) in [5, 5.41) is 25.8. The minimum Gasteiger partial charge on any atom is -0.481 e. The molecule has 74 heavy (non-hydrogen) atoms. The van der Waals surface area contributed by atoms with Gasteiger partial charge in [0, 0.05) is 32.4 Å². The van der Waals surface area contributed by atoms with E-state index in [1.54, 1.807) is 41.5 Å². The van der Waals surface area contributed by atoms with Crippen LogP contribution < -0.4 is 0 Å². The van der Waals surface area contributed by atoms with Crippen molar-refractivity contribution in [1.82, 2.24) is 9.80 Å². The first kappa shape index (κ1) is 74.3. The average molecular weight is 1050 g/mol. The third kappa shape index (κ3) is 60.6. The van der Waals surface area contributed by atoms with Crippen LogP contribution in [0.5, 0.6) is 0 Å². The number of carboxylic acids is 1. The van der Waals surface area contributed by atoms with Gasteiger partial charge in [-0.25, -0.2) is 9.59 Å². The average Bonchev–Trinajstić information content (AvgIpc) is 3.33. The number of ether oxygens (including phenoxy) is 4. The molecule has 0 unspecified atom stereocenters. The molecule has 0 rings (SSSR count). The number of aliphatic hydroxyl groups excluding tert-OH is 2. The lowest BCUT2D eigenvalue weighted by Gasteiger charge is -2.27. The molecule has 2 amide bonds. The van der Waals surface area contributed by atoms with Gasteiger partial charge in [-0.05, 0) is 119 Å². The topological polar surface area (TPSA) is 189 Å². The van der Waals surface area contributed by atoms with Gasteiger partial charge in [-0.1, -0.05) is 154 Å². The van der Waals surface area contributed by atoms with Crippen molar-refractivity contribution in [2.75, 3.05) is 52.6 Å². The predicted molar refractivity (Wildman–Crippen MR) is 302 cm³/mol. The number of allylic oxidation sites excluding steroid dienone is 6. The predicted octanol–water partition coefficient (Wildman–Crippen LogP) is 15.0. The molecule has 0 aliphatic rings. The van der Waals surface area contributed by atoms with E-state index < -0.39 is 29.4 Å². The minimum atomic E-state index is -0.668.